The van der Waals surface area contributed by atoms with Gasteiger partial charge in [-0.2, -0.15) is 0 Å². The predicted molar refractivity (Wildman–Crippen MR) is 60.5 cm³/mol. The first-order valence-corrected chi connectivity index (χ1v) is 6.10. The van der Waals surface area contributed by atoms with Crippen LogP contribution in [-0.2, 0) is 0 Å². The molecule has 0 aromatic rings. The first-order chi connectivity index (χ1) is 7.42. The molecule has 4 heteroatoms. The maximum Gasteiger partial charge on any atom is 0.0908 e. The van der Waals surface area contributed by atoms with Crippen molar-refractivity contribution in [2.45, 2.75) is 50.6 Å². The normalized spacial score (nSPS) is 32.3. The Labute approximate surface area is 91.1 Å². The molecule has 0 aromatic carbocycles. The van der Waals surface area contributed by atoms with Crippen LogP contribution in [0.5, 0.6) is 0 Å². The third-order valence-corrected chi connectivity index (χ3v) is 3.45. The lowest BCUT2D eigenvalue weighted by atomic mass is 9.91. The molecule has 0 aliphatic carbocycles. The molecule has 0 radical (unpaired) electrons. The van der Waals surface area contributed by atoms with Crippen LogP contribution in [0.1, 0.15) is 38.5 Å². The second kappa shape index (κ2) is 5.47. The van der Waals surface area contributed by atoms with E-state index in [1.165, 1.54) is 25.7 Å². The quantitative estimate of drug-likeness (QED) is 0.364. The Morgan fingerprint density at radius 2 is 1.47 bits per heavy atom. The van der Waals surface area contributed by atoms with Crippen LogP contribution < -0.4 is 10.6 Å². The smallest absolute Gasteiger partial charge is 0.0908 e. The third kappa shape index (κ3) is 2.69. The van der Waals surface area contributed by atoms with Gasteiger partial charge in [-0.15, -0.1) is 0 Å². The van der Waals surface area contributed by atoms with Crippen molar-refractivity contribution in [2.75, 3.05) is 13.1 Å². The Bertz CT molecular complexity index is 198. The fourth-order valence-electron chi connectivity index (χ4n) is 2.59. The van der Waals surface area contributed by atoms with Gasteiger partial charge in [0.2, 0.25) is 0 Å². The third-order valence-electron chi connectivity index (χ3n) is 3.45. The summed E-state index contributed by atoms with van der Waals surface area (Å²) in [7, 11) is 0. The van der Waals surface area contributed by atoms with E-state index in [1.807, 2.05) is 0 Å². The molecule has 2 saturated heterocycles. The Kier molecular flexibility index (Phi) is 3.97. The van der Waals surface area contributed by atoms with Crippen LogP contribution in [0.2, 0.25) is 0 Å². The van der Waals surface area contributed by atoms with Gasteiger partial charge >= 0.3 is 0 Å². The first-order valence-electron chi connectivity index (χ1n) is 6.10. The SMILES string of the molecule is ON=C(C1CCCCN1)C1CCCCN1. The van der Waals surface area contributed by atoms with E-state index in [4.69, 9.17) is 5.21 Å². The summed E-state index contributed by atoms with van der Waals surface area (Å²) in [6.45, 7) is 2.10. The van der Waals surface area contributed by atoms with Crippen molar-refractivity contribution in [1.29, 1.82) is 0 Å². The van der Waals surface area contributed by atoms with Crippen LogP contribution >= 0.6 is 0 Å². The zero-order valence-corrected chi connectivity index (χ0v) is 9.21. The molecule has 2 heterocycles. The van der Waals surface area contributed by atoms with Crippen molar-refractivity contribution < 1.29 is 5.21 Å². The van der Waals surface area contributed by atoms with Crippen molar-refractivity contribution in [3.63, 3.8) is 0 Å². The van der Waals surface area contributed by atoms with Gasteiger partial charge in [0.15, 0.2) is 0 Å². The molecule has 0 amide bonds. The standard InChI is InChI=1S/C11H21N3O/c15-14-11(9-5-1-3-7-12-9)10-6-2-4-8-13-10/h9-10,12-13,15H,1-8H2. The summed E-state index contributed by atoms with van der Waals surface area (Å²) in [6.07, 6.45) is 7.18. The topological polar surface area (TPSA) is 56.7 Å². The Morgan fingerprint density at radius 3 is 1.80 bits per heavy atom. The highest BCUT2D eigenvalue weighted by Crippen LogP contribution is 2.15. The van der Waals surface area contributed by atoms with Crippen molar-refractivity contribution in [3.8, 4) is 0 Å². The summed E-state index contributed by atoms with van der Waals surface area (Å²) in [5.41, 5.74) is 0.925. The minimum absolute atomic E-state index is 0.291. The second-order valence-corrected chi connectivity index (χ2v) is 4.53. The summed E-state index contributed by atoms with van der Waals surface area (Å²) in [5, 5.41) is 19.5. The van der Waals surface area contributed by atoms with Crippen LogP contribution in [0, 0.1) is 0 Å². The molecule has 2 unspecified atom stereocenters. The first kappa shape index (κ1) is 10.9. The van der Waals surface area contributed by atoms with Crippen molar-refractivity contribution in [2.24, 2.45) is 5.16 Å². The molecule has 0 spiro atoms. The lowest BCUT2D eigenvalue weighted by Gasteiger charge is -2.31. The zero-order chi connectivity index (χ0) is 10.5. The zero-order valence-electron chi connectivity index (χ0n) is 9.21. The summed E-state index contributed by atoms with van der Waals surface area (Å²) in [6, 6.07) is 0.582. The molecule has 3 N–H and O–H groups in total. The average molecular weight is 211 g/mol. The van der Waals surface area contributed by atoms with Gasteiger partial charge in [-0.3, -0.25) is 0 Å². The maximum atomic E-state index is 9.14. The highest BCUT2D eigenvalue weighted by Gasteiger charge is 2.27. The highest BCUT2D eigenvalue weighted by atomic mass is 16.4. The molecule has 2 aliphatic heterocycles. The monoisotopic (exact) mass is 211 g/mol. The molecule has 2 rings (SSSR count). The molecule has 0 aromatic heterocycles. The lowest BCUT2D eigenvalue weighted by molar-refractivity contribution is 0.304. The number of oxime groups is 1. The van der Waals surface area contributed by atoms with Gasteiger partial charge in [-0.1, -0.05) is 18.0 Å². The Balaban J connectivity index is 1.95. The lowest BCUT2D eigenvalue weighted by Crippen LogP contribution is -2.51. The van der Waals surface area contributed by atoms with Gasteiger partial charge < -0.3 is 15.8 Å². The van der Waals surface area contributed by atoms with Gasteiger partial charge in [-0.05, 0) is 38.8 Å². The van der Waals surface area contributed by atoms with E-state index in [9.17, 15) is 0 Å². The fourth-order valence-corrected chi connectivity index (χ4v) is 2.59. The van der Waals surface area contributed by atoms with E-state index >= 15 is 0 Å². The molecule has 0 bridgehead atoms. The van der Waals surface area contributed by atoms with E-state index in [1.54, 1.807) is 0 Å². The van der Waals surface area contributed by atoms with Crippen molar-refractivity contribution >= 4 is 5.71 Å². The van der Waals surface area contributed by atoms with E-state index in [-0.39, 0.29) is 0 Å². The van der Waals surface area contributed by atoms with Crippen molar-refractivity contribution in [1.82, 2.24) is 10.6 Å². The van der Waals surface area contributed by atoms with E-state index in [0.717, 1.165) is 31.6 Å². The largest absolute Gasteiger partial charge is 0.411 e. The second-order valence-electron chi connectivity index (χ2n) is 4.53. The summed E-state index contributed by atoms with van der Waals surface area (Å²) in [4.78, 5) is 0. The average Bonchev–Trinajstić information content (AvgIpc) is 2.33. The molecule has 15 heavy (non-hydrogen) atoms. The minimum atomic E-state index is 0.291. The molecule has 4 nitrogen and oxygen atoms in total. The van der Waals surface area contributed by atoms with Gasteiger partial charge in [0.25, 0.3) is 0 Å². The van der Waals surface area contributed by atoms with Gasteiger partial charge in [-0.25, -0.2) is 0 Å². The molecular formula is C11H21N3O. The Morgan fingerprint density at radius 1 is 0.933 bits per heavy atom. The highest BCUT2D eigenvalue weighted by molar-refractivity contribution is 5.94. The van der Waals surface area contributed by atoms with E-state index in [0.29, 0.717) is 12.1 Å². The van der Waals surface area contributed by atoms with Crippen LogP contribution in [0.15, 0.2) is 5.16 Å². The van der Waals surface area contributed by atoms with Gasteiger partial charge in [0.05, 0.1) is 17.8 Å². The van der Waals surface area contributed by atoms with E-state index < -0.39 is 0 Å². The van der Waals surface area contributed by atoms with Gasteiger partial charge in [0.1, 0.15) is 0 Å². The van der Waals surface area contributed by atoms with Crippen LogP contribution in [0.25, 0.3) is 0 Å². The number of rotatable bonds is 2. The summed E-state index contributed by atoms with van der Waals surface area (Å²) in [5.74, 6) is 0. The number of hydrogen-bond donors (Lipinski definition) is 3. The molecule has 2 aliphatic rings. The minimum Gasteiger partial charge on any atom is -0.411 e. The maximum absolute atomic E-state index is 9.14. The van der Waals surface area contributed by atoms with Gasteiger partial charge in [0, 0.05) is 0 Å². The number of hydrogen-bond acceptors (Lipinski definition) is 4. The molecular weight excluding hydrogens is 190 g/mol. The molecule has 86 valence electrons. The van der Waals surface area contributed by atoms with Crippen LogP contribution in [0.3, 0.4) is 0 Å². The van der Waals surface area contributed by atoms with Crippen molar-refractivity contribution in [3.05, 3.63) is 0 Å². The summed E-state index contributed by atoms with van der Waals surface area (Å²) >= 11 is 0. The van der Waals surface area contributed by atoms with Crippen LogP contribution in [0.4, 0.5) is 0 Å². The number of nitrogens with one attached hydrogen (secondary N) is 2. The number of piperidine rings is 2. The number of nitrogens with zero attached hydrogens (tertiary/aromatic N) is 1. The molecule has 0 saturated carbocycles. The Hall–Kier alpha value is -0.610. The fraction of sp³-hybridized carbons (Fsp3) is 0.909. The molecule has 2 atom stereocenters. The van der Waals surface area contributed by atoms with Crippen LogP contribution in [-0.4, -0.2) is 36.1 Å². The predicted octanol–water partition coefficient (Wildman–Crippen LogP) is 1.10. The molecule has 2 fully saturated rings. The van der Waals surface area contributed by atoms with E-state index in [2.05, 4.69) is 15.8 Å². The summed E-state index contributed by atoms with van der Waals surface area (Å²) < 4.78 is 0.